The quantitative estimate of drug-likeness (QED) is 0.544. The molecule has 26 heavy (non-hydrogen) atoms. The monoisotopic (exact) mass is 442 g/mol. The van der Waals surface area contributed by atoms with E-state index in [4.69, 9.17) is 0 Å². The Balaban J connectivity index is 0.00000121. The number of rotatable bonds is 2. The van der Waals surface area contributed by atoms with Crippen LogP contribution >= 0.6 is 0 Å². The van der Waals surface area contributed by atoms with Gasteiger partial charge in [0.1, 0.15) is 0 Å². The van der Waals surface area contributed by atoms with Crippen LogP contribution in [0.1, 0.15) is 46.0 Å². The molecule has 0 bridgehead atoms. The molecule has 0 N–H and O–H groups in total. The molecule has 0 aromatic heterocycles. The second-order valence-electron chi connectivity index (χ2n) is 8.67. The van der Waals surface area contributed by atoms with Crippen molar-refractivity contribution in [1.29, 1.82) is 0 Å². The molecule has 0 aliphatic heterocycles. The van der Waals surface area contributed by atoms with Crippen LogP contribution in [-0.2, 0) is 16.6 Å². The largest absolute Gasteiger partial charge is 1.00 e. The third-order valence-corrected chi connectivity index (χ3v) is 20.3. The molecule has 142 valence electrons. The smallest absolute Gasteiger partial charge is 1.00 e. The van der Waals surface area contributed by atoms with E-state index < -0.39 is 16.6 Å². The van der Waals surface area contributed by atoms with E-state index in [0.29, 0.717) is 0 Å². The van der Waals surface area contributed by atoms with Crippen LogP contribution in [0.15, 0.2) is 45.4 Å². The van der Waals surface area contributed by atoms with Gasteiger partial charge in [0.05, 0.1) is 0 Å². The molecule has 4 heteroatoms. The number of fused-ring (bicyclic) bond motifs is 3. The molecule has 0 heterocycles. The van der Waals surface area contributed by atoms with Crippen molar-refractivity contribution in [2.75, 3.05) is 0 Å². The zero-order valence-electron chi connectivity index (χ0n) is 16.6. The normalized spacial score (nSPS) is 34.1. The fraction of sp³-hybridized carbons (Fsp3) is 0.636. The SMILES string of the molecule is CC1=CC[C]([Ti+2]([CH]2C3C=CC=CC3C3CCCCC32)=[Si](C)C)=C1C.[Cl-].[Cl-]. The van der Waals surface area contributed by atoms with Crippen LogP contribution in [0.5, 0.6) is 0 Å². The third-order valence-electron chi connectivity index (χ3n) is 7.32. The summed E-state index contributed by atoms with van der Waals surface area (Å²) in [6.07, 6.45) is 19.7. The van der Waals surface area contributed by atoms with E-state index in [1.807, 2.05) is 3.88 Å². The molecule has 0 aromatic rings. The van der Waals surface area contributed by atoms with Gasteiger partial charge < -0.3 is 24.8 Å². The topological polar surface area (TPSA) is 0 Å². The standard InChI is InChI=1S/C13H17.C7H9.C2H6Si.2ClH.Ti/c1-3-7-12-10(5-1)9-11-6-2-4-8-13(11)12;1-6-4-3-5-7(6)2;1-3-2;;;/h1,3,5,7,9-13H,2,4,6,8H2;4H,3H2,1-2H3;1-2H3;2*1H;/q;;;;;+2/p-2. The average Bonchev–Trinajstić information content (AvgIpc) is 3.08. The van der Waals surface area contributed by atoms with Gasteiger partial charge >= 0.3 is 155 Å². The van der Waals surface area contributed by atoms with E-state index in [2.05, 4.69) is 57.3 Å². The fourth-order valence-corrected chi connectivity index (χ4v) is 20.8. The van der Waals surface area contributed by atoms with Gasteiger partial charge in [0.2, 0.25) is 0 Å². The van der Waals surface area contributed by atoms with Crippen molar-refractivity contribution in [3.8, 4) is 0 Å². The summed E-state index contributed by atoms with van der Waals surface area (Å²) < 4.78 is 3.07. The Morgan fingerprint density at radius 1 is 0.923 bits per heavy atom. The minimum Gasteiger partial charge on any atom is -1.00 e. The first-order chi connectivity index (χ1) is 11.6. The van der Waals surface area contributed by atoms with Gasteiger partial charge in [0, 0.05) is 0 Å². The predicted octanol–water partition coefficient (Wildman–Crippen LogP) is 0.455. The maximum Gasteiger partial charge on any atom is -1.00 e. The summed E-state index contributed by atoms with van der Waals surface area (Å²) in [6, 6.07) is 0. The van der Waals surface area contributed by atoms with Gasteiger partial charge in [-0.1, -0.05) is 0 Å². The molecule has 2 saturated carbocycles. The number of hydrogen-bond donors (Lipinski definition) is 0. The second-order valence-corrected chi connectivity index (χ2v) is 20.9. The Morgan fingerprint density at radius 2 is 1.54 bits per heavy atom. The zero-order chi connectivity index (χ0) is 16.8. The van der Waals surface area contributed by atoms with Crippen LogP contribution in [0, 0.1) is 23.7 Å². The molecule has 0 saturated heterocycles. The fourth-order valence-electron chi connectivity index (χ4n) is 6.18. The van der Waals surface area contributed by atoms with E-state index in [-0.39, 0.29) is 31.0 Å². The molecule has 0 amide bonds. The summed E-state index contributed by atoms with van der Waals surface area (Å²) in [5.74, 6) is 3.83. The van der Waals surface area contributed by atoms with Crippen LogP contribution in [-0.4, -0.2) is 6.19 Å². The summed E-state index contributed by atoms with van der Waals surface area (Å²) in [5, 5.41) is 0. The molecular weight excluding hydrogens is 411 g/mol. The maximum absolute atomic E-state index is 2.65. The van der Waals surface area contributed by atoms with E-state index >= 15 is 0 Å². The number of halogens is 2. The second kappa shape index (κ2) is 9.31. The molecule has 4 aliphatic rings. The van der Waals surface area contributed by atoms with Gasteiger partial charge in [-0.15, -0.1) is 0 Å². The minimum atomic E-state index is -1.20. The maximum atomic E-state index is 2.65. The summed E-state index contributed by atoms with van der Waals surface area (Å²) in [6.45, 7) is 10.1. The predicted molar refractivity (Wildman–Crippen MR) is 103 cm³/mol. The summed E-state index contributed by atoms with van der Waals surface area (Å²) in [4.78, 5) is 0. The Kier molecular flexibility index (Phi) is 8.15. The van der Waals surface area contributed by atoms with Crippen LogP contribution in [0.25, 0.3) is 0 Å². The van der Waals surface area contributed by atoms with Crippen molar-refractivity contribution < 1.29 is 41.4 Å². The van der Waals surface area contributed by atoms with E-state index in [9.17, 15) is 0 Å². The molecule has 4 rings (SSSR count). The molecule has 4 aliphatic carbocycles. The number of hydrogen-bond acceptors (Lipinski definition) is 0. The van der Waals surface area contributed by atoms with Crippen LogP contribution in [0.4, 0.5) is 0 Å². The zero-order valence-corrected chi connectivity index (χ0v) is 20.6. The molecular formula is C22H32Cl2SiTi. The van der Waals surface area contributed by atoms with Crippen molar-refractivity contribution in [2.24, 2.45) is 23.7 Å². The molecule has 0 spiro atoms. The molecule has 0 nitrogen and oxygen atoms in total. The van der Waals surface area contributed by atoms with Gasteiger partial charge in [0.25, 0.3) is 0 Å². The van der Waals surface area contributed by atoms with E-state index in [1.54, 1.807) is 11.1 Å². The van der Waals surface area contributed by atoms with Gasteiger partial charge in [-0.25, -0.2) is 0 Å². The molecule has 0 aromatic carbocycles. The Bertz CT molecular complexity index is 697. The van der Waals surface area contributed by atoms with Crippen molar-refractivity contribution in [3.63, 3.8) is 0 Å². The first kappa shape index (κ1) is 22.8. The van der Waals surface area contributed by atoms with Crippen molar-refractivity contribution >= 4 is 6.19 Å². The average molecular weight is 443 g/mol. The van der Waals surface area contributed by atoms with Crippen LogP contribution < -0.4 is 24.8 Å². The molecule has 0 radical (unpaired) electrons. The van der Waals surface area contributed by atoms with Gasteiger partial charge in [-0.2, -0.15) is 0 Å². The number of allylic oxidation sites excluding steroid dienone is 8. The van der Waals surface area contributed by atoms with Gasteiger partial charge in [-0.3, -0.25) is 0 Å². The van der Waals surface area contributed by atoms with Crippen LogP contribution in [0.2, 0.25) is 17.3 Å². The molecule has 2 fully saturated rings. The van der Waals surface area contributed by atoms with Crippen molar-refractivity contribution in [1.82, 2.24) is 0 Å². The first-order valence-electron chi connectivity index (χ1n) is 9.99. The summed E-state index contributed by atoms with van der Waals surface area (Å²) in [5.41, 5.74) is 3.30. The third kappa shape index (κ3) is 3.81. The van der Waals surface area contributed by atoms with Crippen LogP contribution in [0.3, 0.4) is 0 Å². The Morgan fingerprint density at radius 3 is 2.12 bits per heavy atom. The minimum absolute atomic E-state index is 0. The first-order valence-corrected chi connectivity index (χ1v) is 16.5. The summed E-state index contributed by atoms with van der Waals surface area (Å²) in [7, 11) is 0. The van der Waals surface area contributed by atoms with E-state index in [0.717, 1.165) is 27.9 Å². The van der Waals surface area contributed by atoms with Crippen molar-refractivity contribution in [2.45, 2.75) is 63.3 Å². The Hall–Kier alpha value is 0.471. The van der Waals surface area contributed by atoms with Gasteiger partial charge in [-0.05, 0) is 0 Å². The van der Waals surface area contributed by atoms with E-state index in [1.165, 1.54) is 32.1 Å². The van der Waals surface area contributed by atoms with Crippen molar-refractivity contribution in [3.05, 3.63) is 45.4 Å². The molecule has 5 atom stereocenters. The Labute approximate surface area is 179 Å². The van der Waals surface area contributed by atoms with Gasteiger partial charge in [0.15, 0.2) is 0 Å². The summed E-state index contributed by atoms with van der Waals surface area (Å²) >= 11 is -1.20. The molecule has 5 unspecified atom stereocenters.